The molecule has 2 aromatic carbocycles. The molecule has 0 radical (unpaired) electrons. The number of thiazole rings is 1. The normalized spacial score (nSPS) is 13.0. The molecule has 0 spiro atoms. The van der Waals surface area contributed by atoms with E-state index in [1.165, 1.54) is 0 Å². The van der Waals surface area contributed by atoms with Gasteiger partial charge in [-0.25, -0.2) is 9.56 Å². The Hall–Kier alpha value is -2.22. The van der Waals surface area contributed by atoms with E-state index in [0.717, 1.165) is 20.4 Å². The number of nitrogens with zero attached hydrogens (tertiary/aromatic N) is 2. The highest BCUT2D eigenvalue weighted by molar-refractivity contribution is 9.10. The Bertz CT molecular complexity index is 1230. The third-order valence-electron chi connectivity index (χ3n) is 3.74. The van der Waals surface area contributed by atoms with Crippen LogP contribution in [0.4, 0.5) is 0 Å². The molecule has 0 bridgehead atoms. The molecule has 0 saturated heterocycles. The van der Waals surface area contributed by atoms with Gasteiger partial charge in [-0.15, -0.1) is 0 Å². The van der Waals surface area contributed by atoms with Gasteiger partial charge in [-0.2, -0.15) is 0 Å². The molecule has 1 N–H and O–H groups in total. The van der Waals surface area contributed by atoms with E-state index in [9.17, 15) is 14.7 Å². The summed E-state index contributed by atoms with van der Waals surface area (Å²) in [6.07, 6.45) is 0. The fourth-order valence-corrected chi connectivity index (χ4v) is 4.16. The van der Waals surface area contributed by atoms with Crippen LogP contribution in [0.1, 0.15) is 4.88 Å². The standard InChI is InChI=1S/C17H8BrClN2O3S/c18-8-4-5-12-11(6-8)13(15(22)20-12)14-16(23)21(17(24)25-14)10-3-1-2-9(19)7-10/h1-7,23H. The van der Waals surface area contributed by atoms with E-state index in [0.29, 0.717) is 21.3 Å². The lowest BCUT2D eigenvalue weighted by atomic mass is 10.1. The Morgan fingerprint density at radius 2 is 1.96 bits per heavy atom. The maximum Gasteiger partial charge on any atom is 0.315 e. The van der Waals surface area contributed by atoms with Crippen molar-refractivity contribution in [2.45, 2.75) is 0 Å². The summed E-state index contributed by atoms with van der Waals surface area (Å²) >= 11 is 10.1. The lowest BCUT2D eigenvalue weighted by Crippen LogP contribution is -2.22. The van der Waals surface area contributed by atoms with Crippen molar-refractivity contribution >= 4 is 50.3 Å². The average molecular weight is 436 g/mol. The van der Waals surface area contributed by atoms with Gasteiger partial charge in [0.15, 0.2) is 0 Å². The summed E-state index contributed by atoms with van der Waals surface area (Å²) in [4.78, 5) is 28.5. The largest absolute Gasteiger partial charge is 0.493 e. The molecule has 0 unspecified atom stereocenters. The fraction of sp³-hybridized carbons (Fsp3) is 0. The summed E-state index contributed by atoms with van der Waals surface area (Å²) in [6, 6.07) is 11.8. The van der Waals surface area contributed by atoms with Crippen molar-refractivity contribution in [1.82, 2.24) is 4.57 Å². The van der Waals surface area contributed by atoms with Crippen LogP contribution in [0.5, 0.6) is 5.88 Å². The second-order valence-electron chi connectivity index (χ2n) is 5.29. The van der Waals surface area contributed by atoms with E-state index in [1.54, 1.807) is 42.5 Å². The Morgan fingerprint density at radius 1 is 1.16 bits per heavy atom. The van der Waals surface area contributed by atoms with Crippen molar-refractivity contribution in [3.63, 3.8) is 0 Å². The number of fused-ring (bicyclic) bond motifs is 1. The number of carbonyl (C=O) groups is 1. The van der Waals surface area contributed by atoms with Gasteiger partial charge in [0.25, 0.3) is 5.91 Å². The molecule has 0 saturated carbocycles. The van der Waals surface area contributed by atoms with Crippen molar-refractivity contribution in [3.8, 4) is 11.6 Å². The number of halogens is 2. The molecule has 8 heteroatoms. The minimum Gasteiger partial charge on any atom is -0.493 e. The van der Waals surface area contributed by atoms with Gasteiger partial charge in [0.2, 0.25) is 5.88 Å². The highest BCUT2D eigenvalue weighted by Gasteiger charge is 2.26. The van der Waals surface area contributed by atoms with E-state index in [1.807, 2.05) is 0 Å². The van der Waals surface area contributed by atoms with Crippen LogP contribution in [0.2, 0.25) is 5.02 Å². The van der Waals surface area contributed by atoms with Crippen molar-refractivity contribution in [3.05, 3.63) is 77.1 Å². The Morgan fingerprint density at radius 3 is 2.72 bits per heavy atom. The van der Waals surface area contributed by atoms with Gasteiger partial charge in [0, 0.05) is 14.7 Å². The molecule has 2 heterocycles. The predicted molar refractivity (Wildman–Crippen MR) is 99.0 cm³/mol. The molecule has 1 aliphatic rings. The van der Waals surface area contributed by atoms with Gasteiger partial charge in [-0.05, 0) is 36.4 Å². The predicted octanol–water partition coefficient (Wildman–Crippen LogP) is 2.38. The van der Waals surface area contributed by atoms with Crippen LogP contribution in [-0.4, -0.2) is 15.6 Å². The summed E-state index contributed by atoms with van der Waals surface area (Å²) in [7, 11) is 0. The molecule has 4 rings (SSSR count). The lowest BCUT2D eigenvalue weighted by molar-refractivity contribution is -0.112. The van der Waals surface area contributed by atoms with Crippen molar-refractivity contribution in [2.75, 3.05) is 0 Å². The topological polar surface area (TPSA) is 71.7 Å². The molecule has 1 aliphatic heterocycles. The molecule has 1 aromatic heterocycles. The van der Waals surface area contributed by atoms with Crippen LogP contribution in [0.3, 0.4) is 0 Å². The third-order valence-corrected chi connectivity index (χ3v) is 5.42. The Balaban J connectivity index is 2.02. The first-order valence-electron chi connectivity index (χ1n) is 7.10. The van der Waals surface area contributed by atoms with Gasteiger partial charge in [0.05, 0.1) is 16.6 Å². The first-order chi connectivity index (χ1) is 12.0. The lowest BCUT2D eigenvalue weighted by Gasteiger charge is -2.04. The van der Waals surface area contributed by atoms with Crippen molar-refractivity contribution in [1.29, 1.82) is 0 Å². The van der Waals surface area contributed by atoms with Crippen LogP contribution in [0, 0.1) is 0 Å². The SMILES string of the molecule is O=C1N=c2ccc(Br)cc2=C1c1sc(=O)n(-c2cccc(Cl)c2)c1O. The number of benzene rings is 2. The highest BCUT2D eigenvalue weighted by atomic mass is 79.9. The Labute approximate surface area is 158 Å². The highest BCUT2D eigenvalue weighted by Crippen LogP contribution is 2.31. The fourth-order valence-electron chi connectivity index (χ4n) is 2.68. The van der Waals surface area contributed by atoms with Crippen LogP contribution < -0.4 is 15.4 Å². The number of carbonyl (C=O) groups excluding carboxylic acids is 1. The molecule has 124 valence electrons. The molecule has 3 aromatic rings. The van der Waals surface area contributed by atoms with E-state index < -0.39 is 10.8 Å². The number of aromatic nitrogens is 1. The summed E-state index contributed by atoms with van der Waals surface area (Å²) < 4.78 is 1.90. The second-order valence-corrected chi connectivity index (χ2v) is 7.60. The van der Waals surface area contributed by atoms with E-state index in [4.69, 9.17) is 11.6 Å². The Kier molecular flexibility index (Phi) is 3.87. The minimum atomic E-state index is -0.483. The zero-order valence-electron chi connectivity index (χ0n) is 12.4. The molecule has 5 nitrogen and oxygen atoms in total. The van der Waals surface area contributed by atoms with Crippen molar-refractivity contribution < 1.29 is 9.90 Å². The van der Waals surface area contributed by atoms with Gasteiger partial charge >= 0.3 is 4.87 Å². The smallest absolute Gasteiger partial charge is 0.315 e. The number of rotatable bonds is 2. The molecule has 0 aliphatic carbocycles. The molecular formula is C17H8BrClN2O3S. The second kappa shape index (κ2) is 5.94. The number of hydrogen-bond acceptors (Lipinski definition) is 4. The van der Waals surface area contributed by atoms with Crippen LogP contribution in [0.25, 0.3) is 11.3 Å². The first-order valence-corrected chi connectivity index (χ1v) is 9.08. The first kappa shape index (κ1) is 16.3. The van der Waals surface area contributed by atoms with Crippen molar-refractivity contribution in [2.24, 2.45) is 4.99 Å². The van der Waals surface area contributed by atoms with Crippen LogP contribution in [0.15, 0.2) is 56.7 Å². The summed E-state index contributed by atoms with van der Waals surface area (Å²) in [5.74, 6) is -0.786. The maximum atomic E-state index is 12.4. The molecule has 1 amide bonds. The zero-order valence-corrected chi connectivity index (χ0v) is 15.5. The van der Waals surface area contributed by atoms with Crippen LogP contribution in [-0.2, 0) is 4.79 Å². The number of amides is 1. The van der Waals surface area contributed by atoms with E-state index in [-0.39, 0.29) is 16.3 Å². The summed E-state index contributed by atoms with van der Waals surface area (Å²) in [6.45, 7) is 0. The summed E-state index contributed by atoms with van der Waals surface area (Å²) in [5.41, 5.74) is 0.645. The van der Waals surface area contributed by atoms with Gasteiger partial charge in [0.1, 0.15) is 4.88 Å². The third kappa shape index (κ3) is 2.64. The monoisotopic (exact) mass is 434 g/mol. The van der Waals surface area contributed by atoms with Crippen LogP contribution >= 0.6 is 38.9 Å². The van der Waals surface area contributed by atoms with E-state index in [2.05, 4.69) is 20.9 Å². The van der Waals surface area contributed by atoms with E-state index >= 15 is 0 Å². The number of hydrogen-bond donors (Lipinski definition) is 1. The molecule has 25 heavy (non-hydrogen) atoms. The van der Waals surface area contributed by atoms with Gasteiger partial charge in [-0.3, -0.25) is 9.59 Å². The van der Waals surface area contributed by atoms with Gasteiger partial charge < -0.3 is 5.11 Å². The molecule has 0 atom stereocenters. The maximum absolute atomic E-state index is 12.4. The minimum absolute atomic E-state index is 0.190. The van der Waals surface area contributed by atoms with Gasteiger partial charge in [-0.1, -0.05) is 44.9 Å². The molecular weight excluding hydrogens is 428 g/mol. The molecule has 0 fully saturated rings. The average Bonchev–Trinajstić information content (AvgIpc) is 3.02. The summed E-state index contributed by atoms with van der Waals surface area (Å²) in [5, 5.41) is 12.2. The zero-order chi connectivity index (χ0) is 17.7. The quantitative estimate of drug-likeness (QED) is 0.672. The number of aromatic hydroxyl groups is 1.